The molecule has 0 fully saturated rings. The number of carbonyl (C=O) groups is 2. The van der Waals surface area contributed by atoms with Crippen LogP contribution < -0.4 is 10.6 Å². The maximum atomic E-state index is 11.7. The number of nitrogens with one attached hydrogen (secondary N) is 2. The van der Waals surface area contributed by atoms with Gasteiger partial charge in [-0.05, 0) is 25.1 Å². The molecule has 2 atom stereocenters. The SMILES string of the molecule is CC(CS(C)=O)NC(=O)Nc1ccc(Br)cc1C(=O)O. The number of hydrogen-bond acceptors (Lipinski definition) is 3. The number of anilines is 1. The molecular formula is C12H15BrN2O4S. The number of rotatable bonds is 5. The minimum absolute atomic E-state index is 0.0127. The van der Waals surface area contributed by atoms with Crippen LogP contribution in [-0.4, -0.2) is 39.4 Å². The fourth-order valence-corrected chi connectivity index (χ4v) is 2.73. The number of hydrogen-bond donors (Lipinski definition) is 3. The van der Waals surface area contributed by atoms with Crippen molar-refractivity contribution in [2.45, 2.75) is 13.0 Å². The van der Waals surface area contributed by atoms with Gasteiger partial charge in [0.25, 0.3) is 0 Å². The number of aromatic carboxylic acids is 1. The van der Waals surface area contributed by atoms with Crippen LogP contribution in [0.4, 0.5) is 10.5 Å². The van der Waals surface area contributed by atoms with Crippen LogP contribution in [0.1, 0.15) is 17.3 Å². The predicted octanol–water partition coefficient (Wildman–Crippen LogP) is 2.04. The second kappa shape index (κ2) is 7.39. The van der Waals surface area contributed by atoms with Crippen molar-refractivity contribution in [3.63, 3.8) is 0 Å². The minimum atomic E-state index is -1.13. The predicted molar refractivity (Wildman–Crippen MR) is 81.7 cm³/mol. The number of benzene rings is 1. The molecular weight excluding hydrogens is 348 g/mol. The molecule has 2 unspecified atom stereocenters. The van der Waals surface area contributed by atoms with E-state index in [0.717, 1.165) is 0 Å². The molecule has 0 aliphatic carbocycles. The molecule has 0 saturated heterocycles. The van der Waals surface area contributed by atoms with Crippen LogP contribution in [-0.2, 0) is 10.8 Å². The number of urea groups is 1. The summed E-state index contributed by atoms with van der Waals surface area (Å²) in [7, 11) is -1.02. The molecule has 8 heteroatoms. The first-order chi connectivity index (χ1) is 9.29. The molecule has 1 aromatic rings. The van der Waals surface area contributed by atoms with Crippen molar-refractivity contribution in [3.8, 4) is 0 Å². The van der Waals surface area contributed by atoms with Gasteiger partial charge in [-0.15, -0.1) is 0 Å². The van der Waals surface area contributed by atoms with E-state index < -0.39 is 22.8 Å². The van der Waals surface area contributed by atoms with Crippen LogP contribution in [0.2, 0.25) is 0 Å². The standard InChI is InChI=1S/C12H15BrN2O4S/c1-7(6-20(2)19)14-12(18)15-10-4-3-8(13)5-9(10)11(16)17/h3-5,7H,6H2,1-2H3,(H,16,17)(H2,14,15,18). The zero-order valence-electron chi connectivity index (χ0n) is 11.0. The second-order valence-corrected chi connectivity index (χ2v) is 6.63. The Bertz CT molecular complexity index is 550. The summed E-state index contributed by atoms with van der Waals surface area (Å²) in [5.74, 6) is -0.802. The maximum absolute atomic E-state index is 11.7. The van der Waals surface area contributed by atoms with Crippen molar-refractivity contribution in [3.05, 3.63) is 28.2 Å². The van der Waals surface area contributed by atoms with Crippen molar-refractivity contribution >= 4 is 44.4 Å². The van der Waals surface area contributed by atoms with Crippen molar-refractivity contribution < 1.29 is 18.9 Å². The minimum Gasteiger partial charge on any atom is -0.478 e. The van der Waals surface area contributed by atoms with E-state index in [1.807, 2.05) is 0 Å². The molecule has 1 aromatic carbocycles. The lowest BCUT2D eigenvalue weighted by Crippen LogP contribution is -2.39. The Morgan fingerprint density at radius 3 is 2.65 bits per heavy atom. The summed E-state index contributed by atoms with van der Waals surface area (Å²) in [5, 5.41) is 14.1. The summed E-state index contributed by atoms with van der Waals surface area (Å²) >= 11 is 3.17. The van der Waals surface area contributed by atoms with Crippen molar-refractivity contribution in [1.29, 1.82) is 0 Å². The summed E-state index contributed by atoms with van der Waals surface area (Å²) in [5.41, 5.74) is 0.185. The van der Waals surface area contributed by atoms with Gasteiger partial charge in [-0.1, -0.05) is 15.9 Å². The monoisotopic (exact) mass is 362 g/mol. The first kappa shape index (κ1) is 16.6. The molecule has 0 aliphatic rings. The van der Waals surface area contributed by atoms with E-state index in [0.29, 0.717) is 10.2 Å². The lowest BCUT2D eigenvalue weighted by atomic mass is 10.2. The van der Waals surface area contributed by atoms with E-state index in [9.17, 15) is 13.8 Å². The van der Waals surface area contributed by atoms with E-state index >= 15 is 0 Å². The van der Waals surface area contributed by atoms with Gasteiger partial charge in [0.2, 0.25) is 0 Å². The topological polar surface area (TPSA) is 95.5 Å². The van der Waals surface area contributed by atoms with Crippen LogP contribution in [0.15, 0.2) is 22.7 Å². The van der Waals surface area contributed by atoms with Gasteiger partial charge in [-0.3, -0.25) is 4.21 Å². The smallest absolute Gasteiger partial charge is 0.337 e. The van der Waals surface area contributed by atoms with Crippen LogP contribution in [0.3, 0.4) is 0 Å². The van der Waals surface area contributed by atoms with Crippen molar-refractivity contribution in [1.82, 2.24) is 5.32 Å². The van der Waals surface area contributed by atoms with Crippen LogP contribution in [0.5, 0.6) is 0 Å². The molecule has 0 saturated carbocycles. The Morgan fingerprint density at radius 1 is 1.45 bits per heavy atom. The summed E-state index contributed by atoms with van der Waals surface area (Å²) in [6.45, 7) is 1.72. The highest BCUT2D eigenvalue weighted by atomic mass is 79.9. The Labute approximate surface area is 127 Å². The summed E-state index contributed by atoms with van der Waals surface area (Å²) in [6, 6.07) is 3.72. The van der Waals surface area contributed by atoms with E-state index in [1.54, 1.807) is 19.2 Å². The lowest BCUT2D eigenvalue weighted by Gasteiger charge is -2.14. The molecule has 1 rings (SSSR count). The zero-order valence-corrected chi connectivity index (χ0v) is 13.4. The van der Waals surface area contributed by atoms with E-state index in [-0.39, 0.29) is 17.3 Å². The molecule has 0 radical (unpaired) electrons. The Hall–Kier alpha value is -1.41. The molecule has 3 N–H and O–H groups in total. The third-order valence-corrected chi connectivity index (χ3v) is 3.79. The zero-order chi connectivity index (χ0) is 15.3. The van der Waals surface area contributed by atoms with Gasteiger partial charge in [-0.25, -0.2) is 9.59 Å². The quantitative estimate of drug-likeness (QED) is 0.746. The van der Waals surface area contributed by atoms with Gasteiger partial charge in [0.15, 0.2) is 0 Å². The number of halogens is 1. The van der Waals surface area contributed by atoms with Crippen molar-refractivity contribution in [2.75, 3.05) is 17.3 Å². The van der Waals surface area contributed by atoms with Gasteiger partial charge < -0.3 is 15.7 Å². The normalized spacial score (nSPS) is 13.3. The Balaban J connectivity index is 2.76. The third-order valence-electron chi connectivity index (χ3n) is 2.32. The molecule has 0 spiro atoms. The fraction of sp³-hybridized carbons (Fsp3) is 0.333. The van der Waals surface area contributed by atoms with Crippen LogP contribution in [0, 0.1) is 0 Å². The number of carboxylic acid groups (broad SMARTS) is 1. The molecule has 0 bridgehead atoms. The second-order valence-electron chi connectivity index (χ2n) is 4.23. The molecule has 110 valence electrons. The van der Waals surface area contributed by atoms with Gasteiger partial charge in [0, 0.05) is 33.3 Å². The van der Waals surface area contributed by atoms with E-state index in [2.05, 4.69) is 26.6 Å². The molecule has 0 heterocycles. The summed E-state index contributed by atoms with van der Waals surface area (Å²) in [6.07, 6.45) is 1.55. The molecule has 2 amide bonds. The largest absolute Gasteiger partial charge is 0.478 e. The van der Waals surface area contributed by atoms with Gasteiger partial charge >= 0.3 is 12.0 Å². The van der Waals surface area contributed by atoms with E-state index in [4.69, 9.17) is 5.11 Å². The summed E-state index contributed by atoms with van der Waals surface area (Å²) < 4.78 is 11.6. The number of carbonyl (C=O) groups excluding carboxylic acids is 1. The van der Waals surface area contributed by atoms with Crippen LogP contribution in [0.25, 0.3) is 0 Å². The summed E-state index contributed by atoms with van der Waals surface area (Å²) in [4.78, 5) is 22.8. The fourth-order valence-electron chi connectivity index (χ4n) is 1.58. The van der Waals surface area contributed by atoms with Gasteiger partial charge in [0.05, 0.1) is 11.3 Å². The first-order valence-electron chi connectivity index (χ1n) is 5.70. The Kier molecular flexibility index (Phi) is 6.15. The number of carboxylic acids is 1. The first-order valence-corrected chi connectivity index (χ1v) is 8.22. The average Bonchev–Trinajstić information content (AvgIpc) is 2.29. The molecule has 20 heavy (non-hydrogen) atoms. The Morgan fingerprint density at radius 2 is 2.10 bits per heavy atom. The average molecular weight is 363 g/mol. The highest BCUT2D eigenvalue weighted by Crippen LogP contribution is 2.21. The maximum Gasteiger partial charge on any atom is 0.337 e. The highest BCUT2D eigenvalue weighted by molar-refractivity contribution is 9.10. The third kappa shape index (κ3) is 5.30. The molecule has 6 nitrogen and oxygen atoms in total. The molecule has 0 aliphatic heterocycles. The number of amides is 2. The lowest BCUT2D eigenvalue weighted by molar-refractivity contribution is 0.0698. The van der Waals surface area contributed by atoms with Gasteiger partial charge in [-0.2, -0.15) is 0 Å². The highest BCUT2D eigenvalue weighted by Gasteiger charge is 2.14. The van der Waals surface area contributed by atoms with Crippen molar-refractivity contribution in [2.24, 2.45) is 0 Å². The van der Waals surface area contributed by atoms with Crippen LogP contribution >= 0.6 is 15.9 Å². The molecule has 0 aromatic heterocycles. The van der Waals surface area contributed by atoms with E-state index in [1.165, 1.54) is 12.1 Å². The van der Waals surface area contributed by atoms with Gasteiger partial charge in [0.1, 0.15) is 0 Å².